The second-order valence-corrected chi connectivity index (χ2v) is 13.3. The molecule has 34 heavy (non-hydrogen) atoms. The molecule has 5 N–H and O–H groups in total. The number of rotatable bonds is 10. The minimum absolute atomic E-state index is 0.0151. The minimum atomic E-state index is -3.80. The fourth-order valence-corrected chi connectivity index (χ4v) is 8.61. The lowest BCUT2D eigenvalue weighted by molar-refractivity contribution is -0.138. The second kappa shape index (κ2) is 11.9. The molecule has 4 aliphatic heterocycles. The van der Waals surface area contributed by atoms with E-state index in [2.05, 4.69) is 20.7 Å². The Hall–Kier alpha value is -0.920. The molecule has 4 heterocycles. The van der Waals surface area contributed by atoms with Crippen LogP contribution in [0.3, 0.4) is 0 Å². The van der Waals surface area contributed by atoms with Crippen molar-refractivity contribution in [2.45, 2.75) is 79.4 Å². The number of carboxylic acid groups (broad SMARTS) is 1. The molecule has 12 heteroatoms. The van der Waals surface area contributed by atoms with Crippen LogP contribution in [-0.2, 0) is 24.3 Å². The van der Waals surface area contributed by atoms with Gasteiger partial charge in [-0.05, 0) is 82.8 Å². The first kappa shape index (κ1) is 26.2. The van der Waals surface area contributed by atoms with Crippen molar-refractivity contribution in [2.24, 2.45) is 11.8 Å². The second-order valence-electron chi connectivity index (χ2n) is 10.0. The van der Waals surface area contributed by atoms with Crippen LogP contribution in [0.5, 0.6) is 0 Å². The third-order valence-electron chi connectivity index (χ3n) is 7.52. The van der Waals surface area contributed by atoms with E-state index in [-0.39, 0.29) is 29.2 Å². The largest absolute Gasteiger partial charge is 0.480 e. The van der Waals surface area contributed by atoms with Crippen LogP contribution in [0, 0.1) is 11.8 Å². The Morgan fingerprint density at radius 1 is 1.09 bits per heavy atom. The molecular weight excluding hydrogens is 480 g/mol. The lowest BCUT2D eigenvalue weighted by Gasteiger charge is -2.25. The summed E-state index contributed by atoms with van der Waals surface area (Å²) >= 11 is 1.51. The maximum Gasteiger partial charge on any atom is 0.323 e. The normalized spacial score (nSPS) is 33.4. The van der Waals surface area contributed by atoms with Gasteiger partial charge in [-0.25, -0.2) is 8.42 Å². The highest BCUT2D eigenvalue weighted by Crippen LogP contribution is 2.47. The van der Waals surface area contributed by atoms with Gasteiger partial charge in [0, 0.05) is 13.1 Å². The molecule has 6 unspecified atom stereocenters. The van der Waals surface area contributed by atoms with Gasteiger partial charge in [-0.15, -0.1) is 11.8 Å². The first-order chi connectivity index (χ1) is 16.3. The van der Waals surface area contributed by atoms with E-state index in [1.54, 1.807) is 0 Å². The smallest absolute Gasteiger partial charge is 0.323 e. The first-order valence-corrected chi connectivity index (χ1v) is 15.0. The average Bonchev–Trinajstić information content (AvgIpc) is 3.40. The lowest BCUT2D eigenvalue weighted by Crippen LogP contribution is -2.53. The topological polar surface area (TPSA) is 146 Å². The summed E-state index contributed by atoms with van der Waals surface area (Å²) in [5.74, 6) is -0.431. The Morgan fingerprint density at radius 2 is 1.88 bits per heavy atom. The Labute approximate surface area is 206 Å². The summed E-state index contributed by atoms with van der Waals surface area (Å²) in [6, 6.07) is -1.39. The highest BCUT2D eigenvalue weighted by molar-refractivity contribution is 8.01. The highest BCUT2D eigenvalue weighted by Gasteiger charge is 2.45. The van der Waals surface area contributed by atoms with Crippen molar-refractivity contribution in [1.82, 2.24) is 20.7 Å². The Balaban J connectivity index is 1.19. The zero-order valence-corrected chi connectivity index (χ0v) is 21.2. The number of carbonyl (C=O) groups is 2. The van der Waals surface area contributed by atoms with Crippen LogP contribution in [0.25, 0.3) is 0 Å². The molecule has 194 valence electrons. The molecule has 0 bridgehead atoms. The number of amides is 1. The van der Waals surface area contributed by atoms with Gasteiger partial charge in [0.1, 0.15) is 11.5 Å². The van der Waals surface area contributed by atoms with Gasteiger partial charge >= 0.3 is 5.97 Å². The molecule has 0 saturated carbocycles. The number of hydrogen-bond donors (Lipinski definition) is 5. The summed E-state index contributed by atoms with van der Waals surface area (Å²) < 4.78 is 33.6. The number of ether oxygens (including phenoxy) is 1. The van der Waals surface area contributed by atoms with Gasteiger partial charge in [0.2, 0.25) is 15.9 Å². The number of aliphatic carboxylic acids is 1. The van der Waals surface area contributed by atoms with Crippen LogP contribution >= 0.6 is 11.8 Å². The Bertz CT molecular complexity index is 802. The van der Waals surface area contributed by atoms with E-state index >= 15 is 0 Å². The number of carbonyl (C=O) groups excluding carboxylic acids is 1. The van der Waals surface area contributed by atoms with Crippen LogP contribution < -0.4 is 20.7 Å². The third kappa shape index (κ3) is 6.85. The fraction of sp³-hybridized carbons (Fsp3) is 0.909. The molecule has 0 aromatic heterocycles. The molecule has 0 radical (unpaired) electrons. The number of thioether (sulfide) groups is 1. The Kier molecular flexibility index (Phi) is 9.14. The molecule has 0 aromatic carbocycles. The number of hydrogen-bond acceptors (Lipinski definition) is 8. The van der Waals surface area contributed by atoms with Crippen LogP contribution in [0.15, 0.2) is 0 Å². The standard InChI is InChI=1S/C22H38N4O6S2/c27-20(25-13-18(21(28)29)26-34(30,31)17-2-1-7-24-12-17)19-11-15-10-16(32-22(15)33-19)4-3-14-5-8-23-9-6-14/h14-19,22-24,26H,1-13H2,(H,25,27)(H,28,29). The predicted molar refractivity (Wildman–Crippen MR) is 130 cm³/mol. The Morgan fingerprint density at radius 3 is 2.56 bits per heavy atom. The summed E-state index contributed by atoms with van der Waals surface area (Å²) in [6.07, 6.45) is 7.91. The lowest BCUT2D eigenvalue weighted by atomic mass is 9.90. The zero-order valence-electron chi connectivity index (χ0n) is 19.5. The van der Waals surface area contributed by atoms with E-state index < -0.39 is 27.3 Å². The molecule has 0 aliphatic carbocycles. The van der Waals surface area contributed by atoms with Gasteiger partial charge in [0.15, 0.2) is 0 Å². The van der Waals surface area contributed by atoms with E-state index in [4.69, 9.17) is 4.74 Å². The van der Waals surface area contributed by atoms with Crippen molar-refractivity contribution in [1.29, 1.82) is 0 Å². The summed E-state index contributed by atoms with van der Waals surface area (Å²) in [4.78, 5) is 24.4. The molecule has 4 aliphatic rings. The first-order valence-electron chi connectivity index (χ1n) is 12.6. The summed E-state index contributed by atoms with van der Waals surface area (Å²) in [5.41, 5.74) is 0.0151. The summed E-state index contributed by atoms with van der Waals surface area (Å²) in [5, 5.41) is 17.6. The molecule has 0 aromatic rings. The summed E-state index contributed by atoms with van der Waals surface area (Å²) in [7, 11) is -3.80. The molecule has 10 nitrogen and oxygen atoms in total. The quantitative estimate of drug-likeness (QED) is 0.275. The number of piperidine rings is 2. The maximum absolute atomic E-state index is 12.7. The van der Waals surface area contributed by atoms with Crippen molar-refractivity contribution in [2.75, 3.05) is 32.7 Å². The maximum atomic E-state index is 12.7. The van der Waals surface area contributed by atoms with E-state index in [0.717, 1.165) is 44.8 Å². The van der Waals surface area contributed by atoms with Crippen LogP contribution in [0.1, 0.15) is 51.4 Å². The van der Waals surface area contributed by atoms with Crippen molar-refractivity contribution < 1.29 is 27.9 Å². The molecule has 4 fully saturated rings. The third-order valence-corrected chi connectivity index (χ3v) is 10.9. The zero-order chi connectivity index (χ0) is 24.1. The molecule has 1 amide bonds. The van der Waals surface area contributed by atoms with Gasteiger partial charge in [-0.2, -0.15) is 4.72 Å². The predicted octanol–water partition coefficient (Wildman–Crippen LogP) is 0.244. The van der Waals surface area contributed by atoms with E-state index in [1.165, 1.54) is 31.0 Å². The molecular formula is C22H38N4O6S2. The molecule has 0 spiro atoms. The van der Waals surface area contributed by atoms with Crippen molar-refractivity contribution >= 4 is 33.7 Å². The number of fused-ring (bicyclic) bond motifs is 1. The fourth-order valence-electron chi connectivity index (χ4n) is 5.47. The van der Waals surface area contributed by atoms with Gasteiger partial charge in [-0.3, -0.25) is 9.59 Å². The average molecular weight is 519 g/mol. The summed E-state index contributed by atoms with van der Waals surface area (Å²) in [6.45, 7) is 2.99. The van der Waals surface area contributed by atoms with Crippen LogP contribution in [0.2, 0.25) is 0 Å². The van der Waals surface area contributed by atoms with Gasteiger partial charge < -0.3 is 25.8 Å². The van der Waals surface area contributed by atoms with Crippen molar-refractivity contribution in [3.63, 3.8) is 0 Å². The monoisotopic (exact) mass is 518 g/mol. The van der Waals surface area contributed by atoms with Crippen molar-refractivity contribution in [3.05, 3.63) is 0 Å². The van der Waals surface area contributed by atoms with Crippen LogP contribution in [0.4, 0.5) is 0 Å². The highest BCUT2D eigenvalue weighted by atomic mass is 32.2. The van der Waals surface area contributed by atoms with E-state index in [1.807, 2.05) is 0 Å². The number of carboxylic acids is 1. The van der Waals surface area contributed by atoms with Crippen molar-refractivity contribution in [3.8, 4) is 0 Å². The minimum Gasteiger partial charge on any atom is -0.480 e. The number of nitrogens with one attached hydrogen (secondary N) is 4. The SMILES string of the molecule is O=C(O)C(CNC(=O)C1CC2CC(CCC3CCNCC3)OC2S1)NS(=O)(=O)C1CCCNC1. The van der Waals surface area contributed by atoms with E-state index in [0.29, 0.717) is 25.3 Å². The van der Waals surface area contributed by atoms with E-state index in [9.17, 15) is 23.1 Å². The van der Waals surface area contributed by atoms with Gasteiger partial charge in [0.25, 0.3) is 0 Å². The molecule has 4 saturated heterocycles. The van der Waals surface area contributed by atoms with Crippen LogP contribution in [-0.4, -0.2) is 86.2 Å². The van der Waals surface area contributed by atoms with Gasteiger partial charge in [0.05, 0.1) is 16.6 Å². The number of sulfonamides is 1. The van der Waals surface area contributed by atoms with Gasteiger partial charge in [-0.1, -0.05) is 0 Å². The molecule has 6 atom stereocenters. The molecule has 4 rings (SSSR count).